The Balaban J connectivity index is 2.33. The number of nitrogens with one attached hydrogen (secondary N) is 2. The van der Waals surface area contributed by atoms with E-state index in [1.165, 1.54) is 0 Å². The number of hydrogen-bond acceptors (Lipinski definition) is 6. The molecule has 0 amide bonds. The quantitative estimate of drug-likeness (QED) is 0.462. The molecule has 0 bridgehead atoms. The van der Waals surface area contributed by atoms with E-state index in [2.05, 4.69) is 30.8 Å². The van der Waals surface area contributed by atoms with E-state index >= 15 is 0 Å². The highest BCUT2D eigenvalue weighted by Crippen LogP contribution is 2.30. The van der Waals surface area contributed by atoms with Gasteiger partial charge < -0.3 is 0 Å². The number of hydrogen-bond donors (Lipinski definition) is 2. The standard InChI is InChI=1S/C18H22F6N6/c1-9(2)5-11-7-13(17(19,20)21)27-15(25-11)29-30-16-26-12(6-10(3)4)8-14(28-16)18(22,23)24/h7-10H,5-6H2,1-4H3,(H,25,27,29)(H,26,28,30). The van der Waals surface area contributed by atoms with E-state index in [0.29, 0.717) is 0 Å². The fraction of sp³-hybridized carbons (Fsp3) is 0.556. The van der Waals surface area contributed by atoms with Gasteiger partial charge in [-0.05, 0) is 36.8 Å². The van der Waals surface area contributed by atoms with Crippen LogP contribution in [0.1, 0.15) is 50.5 Å². The number of halogens is 6. The molecular formula is C18H22F6N6. The van der Waals surface area contributed by atoms with Crippen molar-refractivity contribution in [2.75, 3.05) is 10.9 Å². The van der Waals surface area contributed by atoms with Crippen LogP contribution < -0.4 is 10.9 Å². The van der Waals surface area contributed by atoms with Crippen LogP contribution in [-0.4, -0.2) is 19.9 Å². The number of hydrazine groups is 1. The summed E-state index contributed by atoms with van der Waals surface area (Å²) < 4.78 is 78.7. The average Bonchev–Trinajstić information content (AvgIpc) is 2.57. The molecule has 6 nitrogen and oxygen atoms in total. The number of aromatic nitrogens is 4. The Hall–Kier alpha value is -2.66. The number of nitrogens with zero attached hydrogens (tertiary/aromatic N) is 4. The largest absolute Gasteiger partial charge is 0.433 e. The fourth-order valence-corrected chi connectivity index (χ4v) is 2.55. The van der Waals surface area contributed by atoms with Crippen LogP contribution in [0, 0.1) is 11.8 Å². The van der Waals surface area contributed by atoms with Crippen molar-refractivity contribution in [3.63, 3.8) is 0 Å². The third-order valence-electron chi connectivity index (χ3n) is 3.66. The van der Waals surface area contributed by atoms with Crippen LogP contribution in [-0.2, 0) is 25.2 Å². The van der Waals surface area contributed by atoms with Crippen LogP contribution >= 0.6 is 0 Å². The summed E-state index contributed by atoms with van der Waals surface area (Å²) in [6.45, 7) is 7.25. The second-order valence-electron chi connectivity index (χ2n) is 7.58. The summed E-state index contributed by atoms with van der Waals surface area (Å²) in [5.41, 5.74) is 2.52. The molecule has 30 heavy (non-hydrogen) atoms. The van der Waals surface area contributed by atoms with Crippen molar-refractivity contribution >= 4 is 11.9 Å². The van der Waals surface area contributed by atoms with Gasteiger partial charge in [0.2, 0.25) is 11.9 Å². The Morgan fingerprint density at radius 3 is 1.27 bits per heavy atom. The first kappa shape index (κ1) is 23.6. The van der Waals surface area contributed by atoms with Crippen LogP contribution in [0.3, 0.4) is 0 Å². The number of alkyl halides is 6. The molecule has 0 radical (unpaired) electrons. The van der Waals surface area contributed by atoms with E-state index in [0.717, 1.165) is 12.1 Å². The minimum absolute atomic E-state index is 0.0344. The van der Waals surface area contributed by atoms with E-state index in [4.69, 9.17) is 0 Å². The zero-order valence-corrected chi connectivity index (χ0v) is 16.8. The van der Waals surface area contributed by atoms with Gasteiger partial charge in [0.05, 0.1) is 0 Å². The number of rotatable bonds is 7. The van der Waals surface area contributed by atoms with Crippen LogP contribution in [0.2, 0.25) is 0 Å². The van der Waals surface area contributed by atoms with Crippen molar-refractivity contribution in [1.29, 1.82) is 0 Å². The Labute approximate surface area is 169 Å². The van der Waals surface area contributed by atoms with Gasteiger partial charge in [0.25, 0.3) is 0 Å². The Morgan fingerprint density at radius 1 is 0.667 bits per heavy atom. The van der Waals surface area contributed by atoms with Gasteiger partial charge in [-0.25, -0.2) is 19.9 Å². The van der Waals surface area contributed by atoms with Gasteiger partial charge in [0.1, 0.15) is 11.4 Å². The first-order chi connectivity index (χ1) is 13.7. The summed E-state index contributed by atoms with van der Waals surface area (Å²) in [6.07, 6.45) is -8.89. The van der Waals surface area contributed by atoms with Crippen molar-refractivity contribution < 1.29 is 26.3 Å². The van der Waals surface area contributed by atoms with E-state index in [1.807, 2.05) is 27.7 Å². The molecule has 0 spiro atoms. The third kappa shape index (κ3) is 6.99. The first-order valence-electron chi connectivity index (χ1n) is 9.16. The van der Waals surface area contributed by atoms with Crippen LogP contribution in [0.15, 0.2) is 12.1 Å². The van der Waals surface area contributed by atoms with E-state index in [9.17, 15) is 26.3 Å². The van der Waals surface area contributed by atoms with Crippen molar-refractivity contribution in [3.05, 3.63) is 34.9 Å². The maximum atomic E-state index is 13.1. The summed E-state index contributed by atoms with van der Waals surface area (Å²) in [6, 6.07) is 1.68. The lowest BCUT2D eigenvalue weighted by Gasteiger charge is -2.15. The minimum atomic E-state index is -4.71. The molecule has 0 aliphatic rings. The van der Waals surface area contributed by atoms with Crippen molar-refractivity contribution in [1.82, 2.24) is 19.9 Å². The van der Waals surface area contributed by atoms with Gasteiger partial charge >= 0.3 is 12.4 Å². The molecule has 2 N–H and O–H groups in total. The van der Waals surface area contributed by atoms with Gasteiger partial charge in [-0.2, -0.15) is 26.3 Å². The highest BCUT2D eigenvalue weighted by Gasteiger charge is 2.35. The Bertz CT molecular complexity index is 792. The monoisotopic (exact) mass is 436 g/mol. The van der Waals surface area contributed by atoms with E-state index < -0.39 is 35.6 Å². The zero-order valence-electron chi connectivity index (χ0n) is 16.8. The van der Waals surface area contributed by atoms with E-state index in [1.54, 1.807) is 0 Å². The zero-order chi connectivity index (χ0) is 22.7. The van der Waals surface area contributed by atoms with Crippen LogP contribution in [0.5, 0.6) is 0 Å². The average molecular weight is 436 g/mol. The molecule has 0 aromatic carbocycles. The molecule has 12 heteroatoms. The van der Waals surface area contributed by atoms with Gasteiger partial charge in [-0.3, -0.25) is 10.9 Å². The predicted octanol–water partition coefficient (Wildman–Crippen LogP) is 5.14. The molecule has 0 saturated heterocycles. The van der Waals surface area contributed by atoms with Crippen molar-refractivity contribution in [2.24, 2.45) is 11.8 Å². The van der Waals surface area contributed by atoms with E-state index in [-0.39, 0.29) is 36.1 Å². The summed E-state index contributed by atoms with van der Waals surface area (Å²) in [7, 11) is 0. The highest BCUT2D eigenvalue weighted by atomic mass is 19.4. The molecule has 2 heterocycles. The van der Waals surface area contributed by atoms with Gasteiger partial charge in [0.15, 0.2) is 0 Å². The SMILES string of the molecule is CC(C)Cc1cc(C(F)(F)F)nc(NNc2nc(CC(C)C)cc(C(F)(F)F)n2)n1. The molecule has 0 atom stereocenters. The smallest absolute Gasteiger partial charge is 0.265 e. The molecule has 2 aromatic heterocycles. The maximum absolute atomic E-state index is 13.1. The normalized spacial score (nSPS) is 12.5. The molecule has 2 aromatic rings. The van der Waals surface area contributed by atoms with Gasteiger partial charge in [0, 0.05) is 11.4 Å². The minimum Gasteiger partial charge on any atom is -0.265 e. The molecule has 0 unspecified atom stereocenters. The third-order valence-corrected chi connectivity index (χ3v) is 3.66. The summed E-state index contributed by atoms with van der Waals surface area (Å²) >= 11 is 0. The lowest BCUT2D eigenvalue weighted by atomic mass is 10.1. The maximum Gasteiger partial charge on any atom is 0.433 e. The molecular weight excluding hydrogens is 414 g/mol. The van der Waals surface area contributed by atoms with Crippen molar-refractivity contribution in [3.8, 4) is 0 Å². The fourth-order valence-electron chi connectivity index (χ4n) is 2.55. The highest BCUT2D eigenvalue weighted by molar-refractivity contribution is 5.39. The molecule has 2 rings (SSSR count). The first-order valence-corrected chi connectivity index (χ1v) is 9.16. The second-order valence-corrected chi connectivity index (χ2v) is 7.58. The van der Waals surface area contributed by atoms with Gasteiger partial charge in [-0.1, -0.05) is 27.7 Å². The molecule has 0 aliphatic heterocycles. The molecule has 0 saturated carbocycles. The van der Waals surface area contributed by atoms with Gasteiger partial charge in [-0.15, -0.1) is 0 Å². The predicted molar refractivity (Wildman–Crippen MR) is 98.4 cm³/mol. The summed E-state index contributed by atoms with van der Waals surface area (Å²) in [4.78, 5) is 14.7. The lowest BCUT2D eigenvalue weighted by Crippen LogP contribution is -2.20. The topological polar surface area (TPSA) is 75.6 Å². The lowest BCUT2D eigenvalue weighted by molar-refractivity contribution is -0.142. The molecule has 0 aliphatic carbocycles. The van der Waals surface area contributed by atoms with Crippen molar-refractivity contribution in [2.45, 2.75) is 52.9 Å². The van der Waals surface area contributed by atoms with Crippen LogP contribution in [0.25, 0.3) is 0 Å². The number of anilines is 2. The Kier molecular flexibility index (Phi) is 7.09. The summed E-state index contributed by atoms with van der Waals surface area (Å²) in [5, 5.41) is 0. The summed E-state index contributed by atoms with van der Waals surface area (Å²) in [5.74, 6) is -0.835. The Morgan fingerprint density at radius 2 is 1.00 bits per heavy atom. The second kappa shape index (κ2) is 9.00. The molecule has 166 valence electrons. The molecule has 0 fully saturated rings. The van der Waals surface area contributed by atoms with Crippen LogP contribution in [0.4, 0.5) is 38.2 Å².